The molecule has 0 saturated carbocycles. The van der Waals surface area contributed by atoms with E-state index in [-0.39, 0.29) is 27.9 Å². The van der Waals surface area contributed by atoms with Gasteiger partial charge in [-0.15, -0.1) is 0 Å². The monoisotopic (exact) mass is 661 g/mol. The molecule has 2 aliphatic rings. The lowest BCUT2D eigenvalue weighted by atomic mass is 10.1. The third-order valence-electron chi connectivity index (χ3n) is 6.82. The SMILES string of the molecule is Cn1ncc(NC(=O)c2nc(-c3c(F)cccc3F)sc2NC(=O)OC(C)(C)C)c1N1CC2CN(C(=O)OC(C)(C)C)CC(C1)O2. The van der Waals surface area contributed by atoms with Crippen LogP contribution in [-0.4, -0.2) is 87.3 Å². The highest BCUT2D eigenvalue weighted by Crippen LogP contribution is 2.37. The topological polar surface area (TPSA) is 140 Å². The highest BCUT2D eigenvalue weighted by atomic mass is 32.1. The Bertz CT molecular complexity index is 1610. The summed E-state index contributed by atoms with van der Waals surface area (Å²) in [7, 11) is 1.72. The van der Waals surface area contributed by atoms with E-state index in [0.29, 0.717) is 37.7 Å². The first kappa shape index (κ1) is 33.1. The Kier molecular flexibility index (Phi) is 8.96. The van der Waals surface area contributed by atoms with Crippen molar-refractivity contribution in [3.63, 3.8) is 0 Å². The van der Waals surface area contributed by atoms with Crippen molar-refractivity contribution in [2.45, 2.75) is 65.0 Å². The molecule has 2 aromatic heterocycles. The van der Waals surface area contributed by atoms with Crippen LogP contribution in [0.4, 0.5) is 34.9 Å². The van der Waals surface area contributed by atoms with Gasteiger partial charge in [0.15, 0.2) is 11.5 Å². The standard InChI is InChI=1S/C30H37F2N7O6S/c1-29(2,3)44-27(41)36-25-22(35-24(46-25)21-18(31)9-8-10-19(21)32)23(40)34-20-11-33-37(7)26(20)38-12-16-14-39(15-17(13-38)43-16)28(42)45-30(4,5)6/h8-11,16-17H,12-15H2,1-7H3,(H,34,40)(H,36,41). The van der Waals surface area contributed by atoms with Gasteiger partial charge in [-0.1, -0.05) is 17.4 Å². The summed E-state index contributed by atoms with van der Waals surface area (Å²) in [5.74, 6) is -1.91. The number of aryl methyl sites for hydroxylation is 1. The molecule has 2 bridgehead atoms. The summed E-state index contributed by atoms with van der Waals surface area (Å²) in [5, 5.41) is 9.42. The molecular formula is C30H37F2N7O6S. The summed E-state index contributed by atoms with van der Waals surface area (Å²) >= 11 is 0.734. The number of amides is 3. The maximum Gasteiger partial charge on any atom is 0.412 e. The van der Waals surface area contributed by atoms with E-state index in [9.17, 15) is 23.2 Å². The molecule has 2 atom stereocenters. The van der Waals surface area contributed by atoms with Crippen LogP contribution in [0.1, 0.15) is 52.0 Å². The van der Waals surface area contributed by atoms with E-state index < -0.39 is 46.5 Å². The molecule has 1 aromatic carbocycles. The van der Waals surface area contributed by atoms with Gasteiger partial charge in [-0.3, -0.25) is 14.8 Å². The first-order valence-corrected chi connectivity index (χ1v) is 15.5. The van der Waals surface area contributed by atoms with Crippen LogP contribution < -0.4 is 15.5 Å². The normalized spacial score (nSPS) is 18.3. The molecule has 46 heavy (non-hydrogen) atoms. The number of nitrogens with zero attached hydrogens (tertiary/aromatic N) is 5. The van der Waals surface area contributed by atoms with Gasteiger partial charge in [-0.05, 0) is 53.7 Å². The first-order valence-electron chi connectivity index (χ1n) is 14.6. The van der Waals surface area contributed by atoms with Crippen LogP contribution in [0, 0.1) is 11.6 Å². The molecule has 2 fully saturated rings. The summed E-state index contributed by atoms with van der Waals surface area (Å²) in [4.78, 5) is 46.9. The number of ether oxygens (including phenoxy) is 3. The van der Waals surface area contributed by atoms with Crippen molar-refractivity contribution < 1.29 is 37.4 Å². The van der Waals surface area contributed by atoms with E-state index in [1.807, 2.05) is 25.7 Å². The maximum absolute atomic E-state index is 14.7. The minimum absolute atomic E-state index is 0.0574. The molecule has 13 nitrogen and oxygen atoms in total. The van der Waals surface area contributed by atoms with Gasteiger partial charge in [0.05, 0.1) is 37.1 Å². The second-order valence-corrected chi connectivity index (χ2v) is 14.0. The number of aromatic nitrogens is 3. The van der Waals surface area contributed by atoms with E-state index in [4.69, 9.17) is 14.2 Å². The Labute approximate surface area is 268 Å². The lowest BCUT2D eigenvalue weighted by Gasteiger charge is -2.46. The third-order valence-corrected chi connectivity index (χ3v) is 7.81. The van der Waals surface area contributed by atoms with E-state index in [1.165, 1.54) is 12.3 Å². The lowest BCUT2D eigenvalue weighted by molar-refractivity contribution is -0.0951. The van der Waals surface area contributed by atoms with Crippen molar-refractivity contribution in [1.29, 1.82) is 0 Å². The molecule has 0 aliphatic carbocycles. The average Bonchev–Trinajstić information content (AvgIpc) is 3.48. The molecular weight excluding hydrogens is 624 g/mol. The second-order valence-electron chi connectivity index (χ2n) is 13.1. The molecule has 0 spiro atoms. The fourth-order valence-corrected chi connectivity index (χ4v) is 6.18. The van der Waals surface area contributed by atoms with Gasteiger partial charge >= 0.3 is 12.2 Å². The second kappa shape index (κ2) is 12.5. The Morgan fingerprint density at radius 1 is 0.957 bits per heavy atom. The number of hydrogen-bond donors (Lipinski definition) is 2. The van der Waals surface area contributed by atoms with E-state index >= 15 is 0 Å². The van der Waals surface area contributed by atoms with Gasteiger partial charge in [0.25, 0.3) is 5.91 Å². The predicted molar refractivity (Wildman–Crippen MR) is 167 cm³/mol. The molecule has 0 radical (unpaired) electrons. The van der Waals surface area contributed by atoms with Gasteiger partial charge in [-0.25, -0.2) is 23.4 Å². The minimum atomic E-state index is -0.873. The van der Waals surface area contributed by atoms with Crippen molar-refractivity contribution in [1.82, 2.24) is 19.7 Å². The number of carbonyl (C=O) groups excluding carboxylic acids is 3. The van der Waals surface area contributed by atoms with Crippen LogP contribution in [-0.2, 0) is 21.3 Å². The smallest absolute Gasteiger partial charge is 0.412 e. The van der Waals surface area contributed by atoms with E-state index in [2.05, 4.69) is 20.7 Å². The summed E-state index contributed by atoms with van der Waals surface area (Å²) in [6.45, 7) is 11.9. The summed E-state index contributed by atoms with van der Waals surface area (Å²) in [6.07, 6.45) is -0.440. The number of anilines is 3. The van der Waals surface area contributed by atoms with Gasteiger partial charge in [-0.2, -0.15) is 5.10 Å². The zero-order chi connectivity index (χ0) is 33.6. The van der Waals surface area contributed by atoms with Gasteiger partial charge in [0, 0.05) is 20.1 Å². The molecule has 16 heteroatoms. The molecule has 2 saturated heterocycles. The fraction of sp³-hybridized carbons (Fsp3) is 0.500. The molecule has 5 rings (SSSR count). The maximum atomic E-state index is 14.7. The molecule has 2 aliphatic heterocycles. The van der Waals surface area contributed by atoms with Crippen LogP contribution in [0.2, 0.25) is 0 Å². The average molecular weight is 662 g/mol. The Morgan fingerprint density at radius 3 is 2.15 bits per heavy atom. The predicted octanol–water partition coefficient (Wildman–Crippen LogP) is 5.25. The molecule has 248 valence electrons. The Hall–Kier alpha value is -4.31. The van der Waals surface area contributed by atoms with Crippen LogP contribution in [0.15, 0.2) is 24.4 Å². The number of morpholine rings is 2. The minimum Gasteiger partial charge on any atom is -0.444 e. The lowest BCUT2D eigenvalue weighted by Crippen LogP contribution is -2.61. The van der Waals surface area contributed by atoms with Crippen molar-refractivity contribution in [2.75, 3.05) is 41.7 Å². The third kappa shape index (κ3) is 7.55. The van der Waals surface area contributed by atoms with Gasteiger partial charge in [0.1, 0.15) is 38.5 Å². The zero-order valence-corrected chi connectivity index (χ0v) is 27.5. The summed E-state index contributed by atoms with van der Waals surface area (Å²) in [5.41, 5.74) is -1.83. The van der Waals surface area contributed by atoms with Crippen LogP contribution in [0.25, 0.3) is 10.6 Å². The number of hydrogen-bond acceptors (Lipinski definition) is 10. The van der Waals surface area contributed by atoms with Gasteiger partial charge < -0.3 is 29.3 Å². The number of halogens is 2. The summed E-state index contributed by atoms with van der Waals surface area (Å²) < 4.78 is 47.9. The molecule has 2 unspecified atom stereocenters. The fourth-order valence-electron chi connectivity index (χ4n) is 5.18. The van der Waals surface area contributed by atoms with E-state index in [0.717, 1.165) is 23.5 Å². The number of nitrogens with one attached hydrogen (secondary N) is 2. The van der Waals surface area contributed by atoms with Crippen molar-refractivity contribution in [2.24, 2.45) is 7.05 Å². The Morgan fingerprint density at radius 2 is 1.57 bits per heavy atom. The zero-order valence-electron chi connectivity index (χ0n) is 26.6. The molecule has 3 amide bonds. The van der Waals surface area contributed by atoms with E-state index in [1.54, 1.807) is 37.4 Å². The van der Waals surface area contributed by atoms with Crippen LogP contribution in [0.5, 0.6) is 0 Å². The van der Waals surface area contributed by atoms with Crippen molar-refractivity contribution in [3.05, 3.63) is 41.7 Å². The number of rotatable bonds is 5. The molecule has 4 heterocycles. The number of carbonyl (C=O) groups is 3. The van der Waals surface area contributed by atoms with Crippen LogP contribution in [0.3, 0.4) is 0 Å². The van der Waals surface area contributed by atoms with Crippen molar-refractivity contribution >= 4 is 45.9 Å². The quantitative estimate of drug-likeness (QED) is 0.376. The Balaban J connectivity index is 1.38. The van der Waals surface area contributed by atoms with Crippen LogP contribution >= 0.6 is 11.3 Å². The highest BCUT2D eigenvalue weighted by molar-refractivity contribution is 7.19. The largest absolute Gasteiger partial charge is 0.444 e. The summed E-state index contributed by atoms with van der Waals surface area (Å²) in [6, 6.07) is 3.37. The van der Waals surface area contributed by atoms with Crippen molar-refractivity contribution in [3.8, 4) is 10.6 Å². The number of thiazole rings is 1. The van der Waals surface area contributed by atoms with Gasteiger partial charge in [0.2, 0.25) is 0 Å². The highest BCUT2D eigenvalue weighted by Gasteiger charge is 2.39. The molecule has 3 aromatic rings. The first-order chi connectivity index (χ1) is 21.5. The number of fused-ring (bicyclic) bond motifs is 2. The molecule has 2 N–H and O–H groups in total. The number of benzene rings is 1.